The molecule has 108 valence electrons. The molecule has 0 saturated heterocycles. The van der Waals surface area contributed by atoms with E-state index in [1.807, 2.05) is 31.0 Å². The molecule has 2 rings (SSSR count). The van der Waals surface area contributed by atoms with Crippen molar-refractivity contribution in [2.24, 2.45) is 5.73 Å². The Balaban J connectivity index is 2.23. The minimum atomic E-state index is -0.338. The summed E-state index contributed by atoms with van der Waals surface area (Å²) >= 11 is 6.11. The Kier molecular flexibility index (Phi) is 4.81. The van der Waals surface area contributed by atoms with E-state index in [2.05, 4.69) is 0 Å². The molecule has 3 nitrogen and oxygen atoms in total. The highest BCUT2D eigenvalue weighted by atomic mass is 35.5. The van der Waals surface area contributed by atoms with Gasteiger partial charge in [0.1, 0.15) is 17.3 Å². The molecule has 0 aliphatic rings. The summed E-state index contributed by atoms with van der Waals surface area (Å²) in [7, 11) is 1.87. The molecular formula is C15H18ClFN2O. The SMILES string of the molecule is Cc1ccc(CN(C)C(CN)c2c(F)cccc2Cl)o1. The lowest BCUT2D eigenvalue weighted by atomic mass is 10.0. The zero-order valence-electron chi connectivity index (χ0n) is 11.6. The molecule has 20 heavy (non-hydrogen) atoms. The van der Waals surface area contributed by atoms with Crippen molar-refractivity contribution in [2.75, 3.05) is 13.6 Å². The summed E-state index contributed by atoms with van der Waals surface area (Å²) in [6.45, 7) is 2.70. The summed E-state index contributed by atoms with van der Waals surface area (Å²) < 4.78 is 19.5. The summed E-state index contributed by atoms with van der Waals surface area (Å²) in [5, 5.41) is 0.392. The van der Waals surface area contributed by atoms with Crippen molar-refractivity contribution in [1.29, 1.82) is 0 Å². The molecule has 1 aromatic heterocycles. The van der Waals surface area contributed by atoms with E-state index in [0.29, 0.717) is 17.1 Å². The van der Waals surface area contributed by atoms with Gasteiger partial charge in [0.05, 0.1) is 12.6 Å². The molecule has 5 heteroatoms. The molecule has 0 aliphatic heterocycles. The smallest absolute Gasteiger partial charge is 0.129 e. The first-order valence-electron chi connectivity index (χ1n) is 6.42. The van der Waals surface area contributed by atoms with Crippen LogP contribution in [-0.2, 0) is 6.54 Å². The second-order valence-electron chi connectivity index (χ2n) is 4.81. The van der Waals surface area contributed by atoms with Gasteiger partial charge in [-0.3, -0.25) is 4.90 Å². The first-order valence-corrected chi connectivity index (χ1v) is 6.80. The maximum Gasteiger partial charge on any atom is 0.129 e. The van der Waals surface area contributed by atoms with Crippen LogP contribution in [0.2, 0.25) is 5.02 Å². The number of benzene rings is 1. The zero-order valence-corrected chi connectivity index (χ0v) is 12.3. The number of furan rings is 1. The lowest BCUT2D eigenvalue weighted by Crippen LogP contribution is -2.31. The molecule has 0 radical (unpaired) electrons. The predicted molar refractivity (Wildman–Crippen MR) is 78.1 cm³/mol. The maximum absolute atomic E-state index is 14.0. The second kappa shape index (κ2) is 6.39. The molecule has 1 atom stereocenters. The van der Waals surface area contributed by atoms with Gasteiger partial charge in [-0.2, -0.15) is 0 Å². The normalized spacial score (nSPS) is 12.9. The van der Waals surface area contributed by atoms with Gasteiger partial charge in [0.2, 0.25) is 0 Å². The van der Waals surface area contributed by atoms with Gasteiger partial charge in [-0.05, 0) is 38.2 Å². The molecule has 2 N–H and O–H groups in total. The van der Waals surface area contributed by atoms with Crippen LogP contribution in [0.5, 0.6) is 0 Å². The summed E-state index contributed by atoms with van der Waals surface area (Å²) in [6, 6.07) is 8.17. The summed E-state index contributed by atoms with van der Waals surface area (Å²) in [5.74, 6) is 1.33. The maximum atomic E-state index is 14.0. The van der Waals surface area contributed by atoms with Gasteiger partial charge in [-0.15, -0.1) is 0 Å². The summed E-state index contributed by atoms with van der Waals surface area (Å²) in [5.41, 5.74) is 6.24. The lowest BCUT2D eigenvalue weighted by Gasteiger charge is -2.27. The Labute approximate surface area is 123 Å². The van der Waals surface area contributed by atoms with E-state index in [1.165, 1.54) is 6.07 Å². The molecule has 0 spiro atoms. The standard InChI is InChI=1S/C15H18ClFN2O/c1-10-6-7-11(20-10)9-19(2)14(8-18)15-12(16)4-3-5-13(15)17/h3-7,14H,8-9,18H2,1-2H3. The molecular weight excluding hydrogens is 279 g/mol. The van der Waals surface area contributed by atoms with E-state index in [9.17, 15) is 4.39 Å². The first-order chi connectivity index (χ1) is 9.52. The molecule has 1 aromatic carbocycles. The number of rotatable bonds is 5. The van der Waals surface area contributed by atoms with Gasteiger partial charge in [0.25, 0.3) is 0 Å². The Morgan fingerprint density at radius 3 is 2.65 bits per heavy atom. The third kappa shape index (κ3) is 3.20. The van der Waals surface area contributed by atoms with Crippen LogP contribution in [0.15, 0.2) is 34.7 Å². The third-order valence-corrected chi connectivity index (χ3v) is 3.62. The van der Waals surface area contributed by atoms with E-state index in [-0.39, 0.29) is 18.4 Å². The van der Waals surface area contributed by atoms with E-state index >= 15 is 0 Å². The molecule has 0 aliphatic carbocycles. The number of hydrogen-bond acceptors (Lipinski definition) is 3. The van der Waals surface area contributed by atoms with Gasteiger partial charge >= 0.3 is 0 Å². The third-order valence-electron chi connectivity index (χ3n) is 3.29. The molecule has 0 saturated carbocycles. The molecule has 0 bridgehead atoms. The van der Waals surface area contributed by atoms with Crippen LogP contribution in [0.4, 0.5) is 4.39 Å². The molecule has 2 aromatic rings. The van der Waals surface area contributed by atoms with Crippen LogP contribution in [0.3, 0.4) is 0 Å². The fraction of sp³-hybridized carbons (Fsp3) is 0.333. The van der Waals surface area contributed by atoms with Crippen molar-refractivity contribution < 1.29 is 8.81 Å². The van der Waals surface area contributed by atoms with E-state index in [0.717, 1.165) is 11.5 Å². The Morgan fingerprint density at radius 1 is 1.35 bits per heavy atom. The van der Waals surface area contributed by atoms with E-state index in [4.69, 9.17) is 21.8 Å². The Hall–Kier alpha value is -1.36. The minimum absolute atomic E-state index is 0.275. The minimum Gasteiger partial charge on any atom is -0.465 e. The number of hydrogen-bond donors (Lipinski definition) is 1. The highest BCUT2D eigenvalue weighted by Crippen LogP contribution is 2.29. The number of aryl methyl sites for hydroxylation is 1. The van der Waals surface area contributed by atoms with Crippen molar-refractivity contribution in [3.63, 3.8) is 0 Å². The van der Waals surface area contributed by atoms with Crippen LogP contribution in [-0.4, -0.2) is 18.5 Å². The van der Waals surface area contributed by atoms with Gasteiger partial charge < -0.3 is 10.2 Å². The van der Waals surface area contributed by atoms with Crippen LogP contribution >= 0.6 is 11.6 Å². The van der Waals surface area contributed by atoms with Crippen molar-refractivity contribution in [2.45, 2.75) is 19.5 Å². The Bertz CT molecular complexity index is 565. The van der Waals surface area contributed by atoms with Gasteiger partial charge in [0, 0.05) is 17.1 Å². The van der Waals surface area contributed by atoms with Crippen molar-refractivity contribution in [3.8, 4) is 0 Å². The van der Waals surface area contributed by atoms with E-state index in [1.54, 1.807) is 12.1 Å². The average molecular weight is 297 g/mol. The molecule has 0 fully saturated rings. The predicted octanol–water partition coefficient (Wildman–Crippen LogP) is 3.51. The van der Waals surface area contributed by atoms with Crippen LogP contribution in [0, 0.1) is 12.7 Å². The van der Waals surface area contributed by atoms with E-state index < -0.39 is 0 Å². The second-order valence-corrected chi connectivity index (χ2v) is 5.22. The first kappa shape index (κ1) is 15.0. The lowest BCUT2D eigenvalue weighted by molar-refractivity contribution is 0.217. The zero-order chi connectivity index (χ0) is 14.7. The van der Waals surface area contributed by atoms with Gasteiger partial charge in [0.15, 0.2) is 0 Å². The topological polar surface area (TPSA) is 42.4 Å². The summed E-state index contributed by atoms with van der Waals surface area (Å²) in [6.07, 6.45) is 0. The highest BCUT2D eigenvalue weighted by molar-refractivity contribution is 6.31. The van der Waals surface area contributed by atoms with Gasteiger partial charge in [-0.25, -0.2) is 4.39 Å². The highest BCUT2D eigenvalue weighted by Gasteiger charge is 2.22. The number of likely N-dealkylation sites (N-methyl/N-ethyl adjacent to an activating group) is 1. The fourth-order valence-corrected chi connectivity index (χ4v) is 2.56. The molecule has 1 unspecified atom stereocenters. The fourth-order valence-electron chi connectivity index (χ4n) is 2.27. The molecule has 0 amide bonds. The van der Waals surface area contributed by atoms with Crippen molar-refractivity contribution in [1.82, 2.24) is 4.90 Å². The van der Waals surface area contributed by atoms with Crippen LogP contribution in [0.1, 0.15) is 23.1 Å². The van der Waals surface area contributed by atoms with Crippen LogP contribution < -0.4 is 5.73 Å². The monoisotopic (exact) mass is 296 g/mol. The number of nitrogens with two attached hydrogens (primary N) is 1. The number of halogens is 2. The largest absolute Gasteiger partial charge is 0.465 e. The quantitative estimate of drug-likeness (QED) is 0.918. The van der Waals surface area contributed by atoms with Crippen molar-refractivity contribution in [3.05, 3.63) is 58.3 Å². The van der Waals surface area contributed by atoms with Gasteiger partial charge in [-0.1, -0.05) is 17.7 Å². The summed E-state index contributed by atoms with van der Waals surface area (Å²) in [4.78, 5) is 1.93. The van der Waals surface area contributed by atoms with Crippen molar-refractivity contribution >= 4 is 11.6 Å². The number of nitrogens with zero attached hydrogens (tertiary/aromatic N) is 1. The Morgan fingerprint density at radius 2 is 2.10 bits per heavy atom. The average Bonchev–Trinajstić information content (AvgIpc) is 2.79. The molecule has 1 heterocycles. The van der Waals surface area contributed by atoms with Crippen LogP contribution in [0.25, 0.3) is 0 Å².